The number of nitrogens with zero attached hydrogens (tertiary/aromatic N) is 3. The highest BCUT2D eigenvalue weighted by Gasteiger charge is 2.28. The fourth-order valence-electron chi connectivity index (χ4n) is 4.33. The highest BCUT2D eigenvalue weighted by Crippen LogP contribution is 2.31. The fourth-order valence-corrected chi connectivity index (χ4v) is 4.33. The van der Waals surface area contributed by atoms with Gasteiger partial charge in [0.15, 0.2) is 0 Å². The third-order valence-corrected chi connectivity index (χ3v) is 5.95. The van der Waals surface area contributed by atoms with Crippen LogP contribution in [0.1, 0.15) is 30.1 Å². The van der Waals surface area contributed by atoms with Gasteiger partial charge in [0, 0.05) is 36.7 Å². The highest BCUT2D eigenvalue weighted by atomic mass is 16.5. The topological polar surface area (TPSA) is 64.5 Å². The lowest BCUT2D eigenvalue weighted by molar-refractivity contribution is 0.0587. The number of carbonyl (C=O) groups is 1. The molecule has 1 aromatic heterocycles. The molecule has 0 aliphatic carbocycles. The zero-order chi connectivity index (χ0) is 21.9. The van der Waals surface area contributed by atoms with Crippen molar-refractivity contribution < 1.29 is 14.3 Å². The lowest BCUT2D eigenvalue weighted by Crippen LogP contribution is -2.42. The Morgan fingerprint density at radius 2 is 1.69 bits per heavy atom. The van der Waals surface area contributed by atoms with Gasteiger partial charge >= 0.3 is 0 Å². The van der Waals surface area contributed by atoms with Gasteiger partial charge in [0.2, 0.25) is 5.88 Å². The minimum absolute atomic E-state index is 0.00182. The molecule has 5 rings (SSSR count). The van der Waals surface area contributed by atoms with Gasteiger partial charge in [0.1, 0.15) is 11.9 Å². The van der Waals surface area contributed by atoms with Gasteiger partial charge in [-0.1, -0.05) is 48.5 Å². The Kier molecular flexibility index (Phi) is 5.58. The summed E-state index contributed by atoms with van der Waals surface area (Å²) in [5.74, 6) is 1.20. The van der Waals surface area contributed by atoms with Crippen LogP contribution in [0.3, 0.4) is 0 Å². The van der Waals surface area contributed by atoms with Crippen LogP contribution >= 0.6 is 0 Å². The van der Waals surface area contributed by atoms with Crippen molar-refractivity contribution in [3.63, 3.8) is 0 Å². The summed E-state index contributed by atoms with van der Waals surface area (Å²) >= 11 is 0. The molecule has 6 heteroatoms. The first-order valence-electron chi connectivity index (χ1n) is 11.1. The summed E-state index contributed by atoms with van der Waals surface area (Å²) in [6.45, 7) is 3.69. The number of aromatic nitrogens is 2. The number of ether oxygens (including phenoxy) is 2. The van der Waals surface area contributed by atoms with Crippen molar-refractivity contribution in [2.45, 2.75) is 25.9 Å². The number of carbonyl (C=O) groups excluding carboxylic acids is 1. The van der Waals surface area contributed by atoms with Crippen molar-refractivity contribution in [2.75, 3.05) is 19.7 Å². The Balaban J connectivity index is 1.33. The Hall–Kier alpha value is -3.67. The van der Waals surface area contributed by atoms with E-state index >= 15 is 0 Å². The van der Waals surface area contributed by atoms with Crippen LogP contribution in [-0.2, 0) is 0 Å². The van der Waals surface area contributed by atoms with E-state index in [-0.39, 0.29) is 12.0 Å². The number of hydrogen-bond donors (Lipinski definition) is 0. The molecule has 4 aromatic rings. The molecule has 162 valence electrons. The molecule has 32 heavy (non-hydrogen) atoms. The molecule has 0 spiro atoms. The van der Waals surface area contributed by atoms with E-state index in [1.807, 2.05) is 72.5 Å². The number of fused-ring (bicyclic) bond motifs is 2. The Morgan fingerprint density at radius 3 is 2.47 bits per heavy atom. The van der Waals surface area contributed by atoms with E-state index < -0.39 is 0 Å². The summed E-state index contributed by atoms with van der Waals surface area (Å²) in [7, 11) is 0. The highest BCUT2D eigenvalue weighted by molar-refractivity contribution is 6.09. The number of piperidine rings is 1. The van der Waals surface area contributed by atoms with Crippen LogP contribution < -0.4 is 9.47 Å². The maximum atomic E-state index is 13.5. The first-order chi connectivity index (χ1) is 15.7. The zero-order valence-electron chi connectivity index (χ0n) is 18.0. The number of amides is 1. The first-order valence-corrected chi connectivity index (χ1v) is 11.1. The first kappa shape index (κ1) is 20.2. The molecule has 1 aliphatic heterocycles. The number of benzene rings is 3. The zero-order valence-corrected chi connectivity index (χ0v) is 18.0. The van der Waals surface area contributed by atoms with E-state index in [9.17, 15) is 4.79 Å². The molecule has 1 fully saturated rings. The molecule has 0 saturated carbocycles. The van der Waals surface area contributed by atoms with Crippen LogP contribution in [0.4, 0.5) is 0 Å². The van der Waals surface area contributed by atoms with Crippen molar-refractivity contribution in [1.29, 1.82) is 0 Å². The molecule has 3 aromatic carbocycles. The van der Waals surface area contributed by atoms with Crippen molar-refractivity contribution in [1.82, 2.24) is 15.1 Å². The largest absolute Gasteiger partial charge is 0.493 e. The van der Waals surface area contributed by atoms with E-state index in [4.69, 9.17) is 9.47 Å². The second-order valence-corrected chi connectivity index (χ2v) is 7.94. The Morgan fingerprint density at radius 1 is 0.969 bits per heavy atom. The van der Waals surface area contributed by atoms with Crippen LogP contribution in [0, 0.1) is 0 Å². The van der Waals surface area contributed by atoms with Gasteiger partial charge in [0.05, 0.1) is 18.4 Å². The van der Waals surface area contributed by atoms with Gasteiger partial charge in [-0.25, -0.2) is 0 Å². The van der Waals surface area contributed by atoms with Crippen LogP contribution in [0.25, 0.3) is 21.5 Å². The molecule has 1 amide bonds. The predicted octanol–water partition coefficient (Wildman–Crippen LogP) is 4.87. The number of rotatable bonds is 5. The van der Waals surface area contributed by atoms with E-state index in [1.54, 1.807) is 6.20 Å². The quantitative estimate of drug-likeness (QED) is 0.455. The second-order valence-electron chi connectivity index (χ2n) is 7.94. The van der Waals surface area contributed by atoms with Gasteiger partial charge in [-0.2, -0.15) is 5.10 Å². The van der Waals surface area contributed by atoms with E-state index in [0.717, 1.165) is 34.4 Å². The number of hydrogen-bond acceptors (Lipinski definition) is 5. The SMILES string of the molecule is CCOc1ccc2ccccc2c1C(=O)N1CCC(Oc2nncc3ccccc23)CC1. The van der Waals surface area contributed by atoms with Gasteiger partial charge < -0.3 is 14.4 Å². The van der Waals surface area contributed by atoms with Crippen LogP contribution in [0.5, 0.6) is 11.6 Å². The third kappa shape index (κ3) is 3.84. The normalized spacial score (nSPS) is 14.6. The standard InChI is InChI=1S/C26H25N3O3/c1-2-31-23-12-11-18-7-3-5-9-21(18)24(23)26(30)29-15-13-20(14-16-29)32-25-22-10-6-4-8-19(22)17-27-28-25/h3-12,17,20H,2,13-16H2,1H3. The molecule has 0 radical (unpaired) electrons. The molecular weight excluding hydrogens is 402 g/mol. The molecule has 1 aliphatic rings. The smallest absolute Gasteiger partial charge is 0.258 e. The summed E-state index contributed by atoms with van der Waals surface area (Å²) in [5, 5.41) is 12.2. The molecule has 0 unspecified atom stereocenters. The van der Waals surface area contributed by atoms with Crippen LogP contribution in [-0.4, -0.2) is 46.8 Å². The molecule has 2 heterocycles. The Bertz CT molecular complexity index is 1260. The van der Waals surface area contributed by atoms with Crippen molar-refractivity contribution in [3.05, 3.63) is 72.4 Å². The van der Waals surface area contributed by atoms with E-state index in [1.165, 1.54) is 0 Å². The maximum Gasteiger partial charge on any atom is 0.258 e. The summed E-state index contributed by atoms with van der Waals surface area (Å²) in [6, 6.07) is 19.8. The maximum absolute atomic E-state index is 13.5. The third-order valence-electron chi connectivity index (χ3n) is 5.95. The van der Waals surface area contributed by atoms with Gasteiger partial charge in [0.25, 0.3) is 5.91 Å². The lowest BCUT2D eigenvalue weighted by atomic mass is 10.0. The van der Waals surface area contributed by atoms with E-state index in [2.05, 4.69) is 10.2 Å². The van der Waals surface area contributed by atoms with Gasteiger partial charge in [-0.3, -0.25) is 4.79 Å². The summed E-state index contributed by atoms with van der Waals surface area (Å²) < 4.78 is 12.0. The average Bonchev–Trinajstić information content (AvgIpc) is 2.84. The number of likely N-dealkylation sites (tertiary alicyclic amines) is 1. The minimum Gasteiger partial charge on any atom is -0.493 e. The van der Waals surface area contributed by atoms with Crippen molar-refractivity contribution in [2.24, 2.45) is 0 Å². The fraction of sp³-hybridized carbons (Fsp3) is 0.269. The van der Waals surface area contributed by atoms with Crippen molar-refractivity contribution >= 4 is 27.5 Å². The molecule has 0 bridgehead atoms. The minimum atomic E-state index is -0.00182. The van der Waals surface area contributed by atoms with Crippen molar-refractivity contribution in [3.8, 4) is 11.6 Å². The average molecular weight is 428 g/mol. The second kappa shape index (κ2) is 8.83. The van der Waals surface area contributed by atoms with E-state index in [0.29, 0.717) is 36.9 Å². The van der Waals surface area contributed by atoms with Gasteiger partial charge in [-0.05, 0) is 29.8 Å². The monoisotopic (exact) mass is 427 g/mol. The molecular formula is C26H25N3O3. The predicted molar refractivity (Wildman–Crippen MR) is 124 cm³/mol. The lowest BCUT2D eigenvalue weighted by Gasteiger charge is -2.32. The Labute approximate surface area is 186 Å². The van der Waals surface area contributed by atoms with Gasteiger partial charge in [-0.15, -0.1) is 5.10 Å². The molecule has 1 saturated heterocycles. The van der Waals surface area contributed by atoms with Crippen LogP contribution in [0.15, 0.2) is 66.9 Å². The summed E-state index contributed by atoms with van der Waals surface area (Å²) in [6.07, 6.45) is 3.22. The van der Waals surface area contributed by atoms with Crippen LogP contribution in [0.2, 0.25) is 0 Å². The molecule has 6 nitrogen and oxygen atoms in total. The summed E-state index contributed by atoms with van der Waals surface area (Å²) in [4.78, 5) is 15.4. The molecule has 0 atom stereocenters. The molecule has 0 N–H and O–H groups in total. The summed E-state index contributed by atoms with van der Waals surface area (Å²) in [5.41, 5.74) is 0.643.